The number of ether oxygens (including phenoxy) is 1. The molecule has 1 amide bonds. The van der Waals surface area contributed by atoms with Crippen molar-refractivity contribution in [1.29, 1.82) is 0 Å². The predicted octanol–water partition coefficient (Wildman–Crippen LogP) is 4.51. The minimum atomic E-state index is -0.0778. The zero-order valence-corrected chi connectivity index (χ0v) is 18.3. The Balaban J connectivity index is 1.59. The van der Waals surface area contributed by atoms with Crippen molar-refractivity contribution in [2.75, 3.05) is 49.5 Å². The Bertz CT molecular complexity index is 848. The summed E-state index contributed by atoms with van der Waals surface area (Å²) in [6.45, 7) is 11.5. The van der Waals surface area contributed by atoms with E-state index in [2.05, 4.69) is 28.1 Å². The molecular formula is C23H30ClN3O2. The van der Waals surface area contributed by atoms with E-state index in [1.807, 2.05) is 44.2 Å². The van der Waals surface area contributed by atoms with Gasteiger partial charge in [-0.2, -0.15) is 0 Å². The number of carbonyl (C=O) groups excluding carboxylic acids is 1. The molecule has 0 bridgehead atoms. The van der Waals surface area contributed by atoms with Crippen LogP contribution < -0.4 is 15.0 Å². The molecule has 0 saturated carbocycles. The normalized spacial score (nSPS) is 14.7. The first kappa shape index (κ1) is 21.5. The summed E-state index contributed by atoms with van der Waals surface area (Å²) in [6, 6.07) is 11.8. The van der Waals surface area contributed by atoms with Gasteiger partial charge in [-0.1, -0.05) is 30.7 Å². The second-order valence-corrected chi connectivity index (χ2v) is 7.93. The Morgan fingerprint density at radius 3 is 2.59 bits per heavy atom. The van der Waals surface area contributed by atoms with Crippen molar-refractivity contribution in [1.82, 2.24) is 4.90 Å². The highest BCUT2D eigenvalue weighted by Gasteiger charge is 2.19. The average molecular weight is 416 g/mol. The minimum absolute atomic E-state index is 0.0778. The highest BCUT2D eigenvalue weighted by Crippen LogP contribution is 2.30. The number of nitrogens with zero attached hydrogens (tertiary/aromatic N) is 2. The number of anilines is 2. The first-order valence-electron chi connectivity index (χ1n) is 10.2. The number of carbonyl (C=O) groups is 1. The van der Waals surface area contributed by atoms with Crippen LogP contribution in [0.3, 0.4) is 0 Å². The topological polar surface area (TPSA) is 44.8 Å². The van der Waals surface area contributed by atoms with E-state index in [1.165, 1.54) is 0 Å². The van der Waals surface area contributed by atoms with Crippen LogP contribution >= 0.6 is 11.6 Å². The van der Waals surface area contributed by atoms with Gasteiger partial charge in [-0.15, -0.1) is 0 Å². The van der Waals surface area contributed by atoms with Crippen LogP contribution in [-0.4, -0.2) is 50.1 Å². The number of aryl methyl sites for hydroxylation is 2. The van der Waals surface area contributed by atoms with E-state index in [0.717, 1.165) is 61.0 Å². The summed E-state index contributed by atoms with van der Waals surface area (Å²) in [5, 5.41) is 3.64. The maximum atomic E-state index is 12.5. The molecule has 3 rings (SSSR count). The fourth-order valence-electron chi connectivity index (χ4n) is 3.52. The van der Waals surface area contributed by atoms with Gasteiger partial charge in [0, 0.05) is 31.2 Å². The molecule has 0 radical (unpaired) electrons. The smallest absolute Gasteiger partial charge is 0.227 e. The first-order chi connectivity index (χ1) is 14.0. The largest absolute Gasteiger partial charge is 0.493 e. The van der Waals surface area contributed by atoms with Crippen molar-refractivity contribution in [3.05, 3.63) is 52.5 Å². The van der Waals surface area contributed by atoms with Gasteiger partial charge in [0.05, 0.1) is 24.4 Å². The van der Waals surface area contributed by atoms with Gasteiger partial charge >= 0.3 is 0 Å². The van der Waals surface area contributed by atoms with E-state index in [9.17, 15) is 4.79 Å². The zero-order chi connectivity index (χ0) is 20.8. The summed E-state index contributed by atoms with van der Waals surface area (Å²) in [5.74, 6) is 0.751. The van der Waals surface area contributed by atoms with Crippen LogP contribution in [0.2, 0.25) is 5.02 Å². The standard InChI is InChI=1S/C23H30ClN3O2/c1-4-26-10-12-27(13-11-26)21-8-7-19(24)16-20(21)25-23(28)9-14-29-22-15-17(2)5-6-18(22)3/h5-8,15-16H,4,9-14H2,1-3H3,(H,25,28). The monoisotopic (exact) mass is 415 g/mol. The third-order valence-corrected chi connectivity index (χ3v) is 5.56. The van der Waals surface area contributed by atoms with E-state index in [4.69, 9.17) is 16.3 Å². The Labute approximate surface area is 178 Å². The second-order valence-electron chi connectivity index (χ2n) is 7.50. The molecule has 29 heavy (non-hydrogen) atoms. The molecule has 2 aromatic rings. The predicted molar refractivity (Wildman–Crippen MR) is 120 cm³/mol. The van der Waals surface area contributed by atoms with Crippen LogP contribution in [-0.2, 0) is 4.79 Å². The number of likely N-dealkylation sites (N-methyl/N-ethyl adjacent to an activating group) is 1. The molecule has 6 heteroatoms. The number of hydrogen-bond donors (Lipinski definition) is 1. The van der Waals surface area contributed by atoms with Crippen LogP contribution in [0.4, 0.5) is 11.4 Å². The minimum Gasteiger partial charge on any atom is -0.493 e. The molecule has 1 fully saturated rings. The number of nitrogens with one attached hydrogen (secondary N) is 1. The molecule has 0 aliphatic carbocycles. The van der Waals surface area contributed by atoms with Gasteiger partial charge in [0.2, 0.25) is 5.91 Å². The first-order valence-corrected chi connectivity index (χ1v) is 10.6. The van der Waals surface area contributed by atoms with Gasteiger partial charge < -0.3 is 19.9 Å². The summed E-state index contributed by atoms with van der Waals surface area (Å²) < 4.78 is 5.82. The maximum Gasteiger partial charge on any atom is 0.227 e. The number of rotatable bonds is 7. The Hall–Kier alpha value is -2.24. The summed E-state index contributed by atoms with van der Waals surface area (Å²) in [6.07, 6.45) is 0.281. The summed E-state index contributed by atoms with van der Waals surface area (Å²) in [7, 11) is 0. The van der Waals surface area contributed by atoms with Crippen LogP contribution in [0.15, 0.2) is 36.4 Å². The fourth-order valence-corrected chi connectivity index (χ4v) is 3.69. The molecule has 0 aromatic heterocycles. The quantitative estimate of drug-likeness (QED) is 0.722. The summed E-state index contributed by atoms with van der Waals surface area (Å²) in [5.41, 5.74) is 3.99. The van der Waals surface area contributed by atoms with E-state index < -0.39 is 0 Å². The molecule has 156 valence electrons. The van der Waals surface area contributed by atoms with Crippen LogP contribution in [0.25, 0.3) is 0 Å². The Kier molecular flexibility index (Phi) is 7.40. The molecule has 1 aliphatic rings. The van der Waals surface area contributed by atoms with Crippen LogP contribution in [0.5, 0.6) is 5.75 Å². The van der Waals surface area contributed by atoms with Crippen molar-refractivity contribution >= 4 is 28.9 Å². The lowest BCUT2D eigenvalue weighted by Crippen LogP contribution is -2.46. The fraction of sp³-hybridized carbons (Fsp3) is 0.435. The highest BCUT2D eigenvalue weighted by atomic mass is 35.5. The number of amides is 1. The Morgan fingerprint density at radius 1 is 1.10 bits per heavy atom. The van der Waals surface area contributed by atoms with Gasteiger partial charge in [-0.25, -0.2) is 0 Å². The summed E-state index contributed by atoms with van der Waals surface area (Å²) >= 11 is 6.20. The van der Waals surface area contributed by atoms with Crippen molar-refractivity contribution in [3.8, 4) is 5.75 Å². The highest BCUT2D eigenvalue weighted by molar-refractivity contribution is 6.31. The Morgan fingerprint density at radius 2 is 1.86 bits per heavy atom. The van der Waals surface area contributed by atoms with Gasteiger partial charge in [-0.05, 0) is 55.8 Å². The lowest BCUT2D eigenvalue weighted by Gasteiger charge is -2.36. The van der Waals surface area contributed by atoms with Crippen molar-refractivity contribution in [2.45, 2.75) is 27.2 Å². The van der Waals surface area contributed by atoms with E-state index in [-0.39, 0.29) is 12.3 Å². The SMILES string of the molecule is CCN1CCN(c2ccc(Cl)cc2NC(=O)CCOc2cc(C)ccc2C)CC1. The van der Waals surface area contributed by atoms with Gasteiger partial charge in [-0.3, -0.25) is 4.79 Å². The number of halogens is 1. The maximum absolute atomic E-state index is 12.5. The molecule has 1 saturated heterocycles. The molecule has 2 aromatic carbocycles. The molecular weight excluding hydrogens is 386 g/mol. The van der Waals surface area contributed by atoms with Crippen LogP contribution in [0, 0.1) is 13.8 Å². The van der Waals surface area contributed by atoms with Crippen LogP contribution in [0.1, 0.15) is 24.5 Å². The third kappa shape index (κ3) is 5.87. The molecule has 0 unspecified atom stereocenters. The van der Waals surface area contributed by atoms with Crippen molar-refractivity contribution < 1.29 is 9.53 Å². The molecule has 5 nitrogen and oxygen atoms in total. The summed E-state index contributed by atoms with van der Waals surface area (Å²) in [4.78, 5) is 17.3. The van der Waals surface area contributed by atoms with Crippen molar-refractivity contribution in [3.63, 3.8) is 0 Å². The lowest BCUT2D eigenvalue weighted by atomic mass is 10.1. The van der Waals surface area contributed by atoms with E-state index in [0.29, 0.717) is 11.6 Å². The number of piperazine rings is 1. The molecule has 0 spiro atoms. The third-order valence-electron chi connectivity index (χ3n) is 5.32. The number of benzene rings is 2. The molecule has 1 aliphatic heterocycles. The number of hydrogen-bond acceptors (Lipinski definition) is 4. The zero-order valence-electron chi connectivity index (χ0n) is 17.5. The lowest BCUT2D eigenvalue weighted by molar-refractivity contribution is -0.116. The molecule has 0 atom stereocenters. The molecule has 1 heterocycles. The van der Waals surface area contributed by atoms with Gasteiger partial charge in [0.25, 0.3) is 0 Å². The van der Waals surface area contributed by atoms with E-state index >= 15 is 0 Å². The molecule has 1 N–H and O–H groups in total. The average Bonchev–Trinajstić information content (AvgIpc) is 2.71. The van der Waals surface area contributed by atoms with Gasteiger partial charge in [0.15, 0.2) is 0 Å². The van der Waals surface area contributed by atoms with E-state index in [1.54, 1.807) is 0 Å². The van der Waals surface area contributed by atoms with Crippen molar-refractivity contribution in [2.24, 2.45) is 0 Å². The second kappa shape index (κ2) is 9.99. The van der Waals surface area contributed by atoms with Gasteiger partial charge in [0.1, 0.15) is 5.75 Å².